The van der Waals surface area contributed by atoms with Crippen molar-refractivity contribution >= 4 is 5.78 Å². The minimum atomic E-state index is -0.226. The van der Waals surface area contributed by atoms with Gasteiger partial charge in [-0.1, -0.05) is 0 Å². The van der Waals surface area contributed by atoms with E-state index in [9.17, 15) is 4.79 Å². The van der Waals surface area contributed by atoms with Gasteiger partial charge >= 0.3 is 0 Å². The van der Waals surface area contributed by atoms with Gasteiger partial charge in [-0.05, 0) is 24.3 Å². The van der Waals surface area contributed by atoms with E-state index < -0.39 is 0 Å². The topological polar surface area (TPSA) is 88.6 Å². The fourth-order valence-corrected chi connectivity index (χ4v) is 3.20. The second-order valence-electron chi connectivity index (χ2n) is 6.31. The van der Waals surface area contributed by atoms with Gasteiger partial charge in [0.05, 0.1) is 51.2 Å². The molecule has 0 fully saturated rings. The molecule has 8 nitrogen and oxygen atoms in total. The first-order valence-corrected chi connectivity index (χ1v) is 9.02. The minimum Gasteiger partial charge on any atom is -0.493 e. The van der Waals surface area contributed by atoms with Gasteiger partial charge in [0.25, 0.3) is 0 Å². The number of nitrogens with zero attached hydrogens (tertiary/aromatic N) is 3. The van der Waals surface area contributed by atoms with E-state index in [1.165, 1.54) is 27.7 Å². The Labute approximate surface area is 172 Å². The third-order valence-corrected chi connectivity index (χ3v) is 4.63. The van der Waals surface area contributed by atoms with Crippen molar-refractivity contribution in [1.29, 1.82) is 0 Å². The summed E-state index contributed by atoms with van der Waals surface area (Å²) in [7, 11) is 4.52. The van der Waals surface area contributed by atoms with Crippen LogP contribution in [0.4, 0.5) is 0 Å². The average Bonchev–Trinajstić information content (AvgIpc) is 3.48. The van der Waals surface area contributed by atoms with Crippen LogP contribution in [0, 0.1) is 0 Å². The molecule has 3 heterocycles. The number of rotatable bonds is 7. The molecule has 0 aliphatic rings. The molecular weight excluding hydrogens is 386 g/mol. The number of hydrogen-bond acceptors (Lipinski definition) is 7. The van der Waals surface area contributed by atoms with E-state index in [4.69, 9.17) is 18.6 Å². The number of carbonyl (C=O) groups is 1. The molecule has 0 saturated heterocycles. The fourth-order valence-electron chi connectivity index (χ4n) is 3.20. The van der Waals surface area contributed by atoms with Gasteiger partial charge in [-0.25, -0.2) is 9.97 Å². The van der Waals surface area contributed by atoms with E-state index in [-0.39, 0.29) is 5.78 Å². The van der Waals surface area contributed by atoms with Crippen LogP contribution in [-0.4, -0.2) is 41.6 Å². The summed E-state index contributed by atoms with van der Waals surface area (Å²) in [6, 6.07) is 6.82. The van der Waals surface area contributed by atoms with E-state index in [1.54, 1.807) is 53.7 Å². The summed E-state index contributed by atoms with van der Waals surface area (Å²) in [5.41, 5.74) is 2.19. The van der Waals surface area contributed by atoms with Crippen molar-refractivity contribution < 1.29 is 23.4 Å². The van der Waals surface area contributed by atoms with Crippen molar-refractivity contribution in [3.05, 3.63) is 72.8 Å². The number of methoxy groups -OCH3 is 3. The highest BCUT2D eigenvalue weighted by Crippen LogP contribution is 2.39. The molecule has 4 aromatic rings. The maximum absolute atomic E-state index is 13.5. The molecular formula is C22H19N3O5. The molecule has 8 heteroatoms. The van der Waals surface area contributed by atoms with Crippen LogP contribution in [0.2, 0.25) is 0 Å². The quantitative estimate of drug-likeness (QED) is 0.432. The van der Waals surface area contributed by atoms with Crippen LogP contribution in [0.3, 0.4) is 0 Å². The summed E-state index contributed by atoms with van der Waals surface area (Å²) in [5, 5.41) is 0. The van der Waals surface area contributed by atoms with Crippen molar-refractivity contribution in [3.63, 3.8) is 0 Å². The second-order valence-corrected chi connectivity index (χ2v) is 6.31. The molecule has 0 aliphatic heterocycles. The zero-order valence-electron chi connectivity index (χ0n) is 16.7. The predicted octanol–water partition coefficient (Wildman–Crippen LogP) is 3.78. The Morgan fingerprint density at radius 2 is 1.70 bits per heavy atom. The Kier molecular flexibility index (Phi) is 5.21. The van der Waals surface area contributed by atoms with Gasteiger partial charge in [0.15, 0.2) is 17.3 Å². The normalized spacial score (nSPS) is 10.6. The highest BCUT2D eigenvalue weighted by molar-refractivity contribution is 6.13. The molecule has 0 spiro atoms. The molecule has 0 radical (unpaired) electrons. The Hall–Kier alpha value is -4.07. The Morgan fingerprint density at radius 1 is 1.00 bits per heavy atom. The molecule has 152 valence electrons. The van der Waals surface area contributed by atoms with E-state index in [0.717, 1.165) is 0 Å². The zero-order chi connectivity index (χ0) is 21.1. The molecule has 0 atom stereocenters. The van der Waals surface area contributed by atoms with Gasteiger partial charge in [-0.15, -0.1) is 0 Å². The number of carbonyl (C=O) groups excluding carboxylic acids is 1. The number of furan rings is 1. The summed E-state index contributed by atoms with van der Waals surface area (Å²) in [6.07, 6.45) is 9.86. The largest absolute Gasteiger partial charge is 0.493 e. The Morgan fingerprint density at radius 3 is 2.27 bits per heavy atom. The molecule has 30 heavy (non-hydrogen) atoms. The second kappa shape index (κ2) is 8.12. The zero-order valence-corrected chi connectivity index (χ0v) is 16.7. The third kappa shape index (κ3) is 3.39. The average molecular weight is 405 g/mol. The molecule has 0 N–H and O–H groups in total. The molecule has 0 amide bonds. The first-order valence-electron chi connectivity index (χ1n) is 9.02. The highest BCUT2D eigenvalue weighted by atomic mass is 16.5. The molecule has 3 aromatic heterocycles. The van der Waals surface area contributed by atoms with Gasteiger partial charge in [-0.2, -0.15) is 0 Å². The first-order chi connectivity index (χ1) is 14.7. The molecule has 0 saturated carbocycles. The van der Waals surface area contributed by atoms with Crippen molar-refractivity contribution in [2.75, 3.05) is 21.3 Å². The van der Waals surface area contributed by atoms with Gasteiger partial charge < -0.3 is 23.2 Å². The third-order valence-electron chi connectivity index (χ3n) is 4.63. The van der Waals surface area contributed by atoms with Crippen LogP contribution in [0.25, 0.3) is 17.0 Å². The number of hydrogen-bond donors (Lipinski definition) is 0. The van der Waals surface area contributed by atoms with Crippen molar-refractivity contribution in [1.82, 2.24) is 14.5 Å². The monoisotopic (exact) mass is 405 g/mol. The van der Waals surface area contributed by atoms with Gasteiger partial charge in [0.1, 0.15) is 12.1 Å². The molecule has 0 bridgehead atoms. The maximum Gasteiger partial charge on any atom is 0.203 e. The van der Waals surface area contributed by atoms with E-state index in [0.29, 0.717) is 45.4 Å². The predicted molar refractivity (Wildman–Crippen MR) is 109 cm³/mol. The van der Waals surface area contributed by atoms with E-state index in [2.05, 4.69) is 9.97 Å². The van der Waals surface area contributed by atoms with Crippen LogP contribution in [0.5, 0.6) is 17.2 Å². The molecule has 1 aromatic carbocycles. The van der Waals surface area contributed by atoms with Crippen LogP contribution >= 0.6 is 0 Å². The van der Waals surface area contributed by atoms with Crippen molar-refractivity contribution in [2.45, 2.75) is 0 Å². The lowest BCUT2D eigenvalue weighted by molar-refractivity contribution is 0.103. The van der Waals surface area contributed by atoms with Crippen LogP contribution in [0.15, 0.2) is 66.1 Å². The fraction of sp³-hybridized carbons (Fsp3) is 0.136. The smallest absolute Gasteiger partial charge is 0.203 e. The summed E-state index contributed by atoms with van der Waals surface area (Å²) >= 11 is 0. The van der Waals surface area contributed by atoms with Gasteiger partial charge in [0.2, 0.25) is 5.75 Å². The standard InChI is InChI=1S/C22H19N3O5/c1-27-19-7-14(8-20(28-2)22(19)29-3)21(26)17-12-25(15-9-23-13-24-10-15)11-16(17)18-5-4-6-30-18/h4-13H,1-3H3. The maximum atomic E-state index is 13.5. The van der Waals surface area contributed by atoms with Gasteiger partial charge in [-0.3, -0.25) is 4.79 Å². The van der Waals surface area contributed by atoms with Crippen molar-refractivity contribution in [2.24, 2.45) is 0 Å². The first kappa shape index (κ1) is 19.3. The van der Waals surface area contributed by atoms with Crippen LogP contribution < -0.4 is 14.2 Å². The lowest BCUT2D eigenvalue weighted by Crippen LogP contribution is -2.04. The SMILES string of the molecule is COc1cc(C(=O)c2cn(-c3cncnc3)cc2-c2ccco2)cc(OC)c1OC. The summed E-state index contributed by atoms with van der Waals surface area (Å²) in [5.74, 6) is 1.56. The summed E-state index contributed by atoms with van der Waals surface area (Å²) in [4.78, 5) is 21.6. The molecule has 4 rings (SSSR count). The Bertz CT molecular complexity index is 1140. The van der Waals surface area contributed by atoms with E-state index >= 15 is 0 Å². The number of aromatic nitrogens is 3. The van der Waals surface area contributed by atoms with Crippen LogP contribution in [0.1, 0.15) is 15.9 Å². The van der Waals surface area contributed by atoms with E-state index in [1.807, 2.05) is 6.20 Å². The number of benzene rings is 1. The Balaban J connectivity index is 1.86. The highest BCUT2D eigenvalue weighted by Gasteiger charge is 2.23. The summed E-state index contributed by atoms with van der Waals surface area (Å²) < 4.78 is 23.5. The number of ketones is 1. The minimum absolute atomic E-state index is 0.226. The summed E-state index contributed by atoms with van der Waals surface area (Å²) in [6.45, 7) is 0. The number of ether oxygens (including phenoxy) is 3. The molecule has 0 unspecified atom stereocenters. The molecule has 0 aliphatic carbocycles. The van der Waals surface area contributed by atoms with Crippen molar-refractivity contribution in [3.8, 4) is 34.3 Å². The van der Waals surface area contributed by atoms with Crippen LogP contribution in [-0.2, 0) is 0 Å². The van der Waals surface area contributed by atoms with Gasteiger partial charge in [0, 0.05) is 23.5 Å². The lowest BCUT2D eigenvalue weighted by atomic mass is 10.0. The lowest BCUT2D eigenvalue weighted by Gasteiger charge is -2.13.